The van der Waals surface area contributed by atoms with Crippen LogP contribution in [-0.2, 0) is 22.9 Å². The predicted molar refractivity (Wildman–Crippen MR) is 55.0 cm³/mol. The molecule has 0 unspecified atom stereocenters. The Labute approximate surface area is 97.8 Å². The monoisotopic (exact) mass is 290 g/mol. The number of methoxy groups -OCH3 is 1. The van der Waals surface area contributed by atoms with E-state index in [9.17, 15) is 4.79 Å². The third kappa shape index (κ3) is 3.28. The van der Waals surface area contributed by atoms with Gasteiger partial charge in [0.2, 0.25) is 0 Å². The first-order chi connectivity index (χ1) is 6.45. The van der Waals surface area contributed by atoms with Crippen molar-refractivity contribution in [1.29, 1.82) is 0 Å². The standard InChI is InChI=1S/C8H9O2.3ClH.Ti/c1-10-8(9)6-7-4-2-3-5-7;;;;/h2,4H,3,6H2,1H3;3*1H;/q;;;;+3/p-3. The van der Waals surface area contributed by atoms with Crippen molar-refractivity contribution in [2.75, 3.05) is 7.11 Å². The Balaban J connectivity index is 2.82. The summed E-state index contributed by atoms with van der Waals surface area (Å²) in [6.07, 6.45) is 4.59. The van der Waals surface area contributed by atoms with Gasteiger partial charge in [0.15, 0.2) is 0 Å². The molecule has 78 valence electrons. The molecule has 0 heterocycles. The second-order valence-electron chi connectivity index (χ2n) is 2.86. The fourth-order valence-electron chi connectivity index (χ4n) is 1.24. The zero-order valence-electron chi connectivity index (χ0n) is 7.52. The van der Waals surface area contributed by atoms with Crippen LogP contribution in [0.2, 0.25) is 0 Å². The van der Waals surface area contributed by atoms with Crippen LogP contribution in [0.4, 0.5) is 0 Å². The Bertz CT molecular complexity index is 304. The van der Waals surface area contributed by atoms with Crippen LogP contribution in [0.15, 0.2) is 21.6 Å². The minimum absolute atomic E-state index is 0.196. The van der Waals surface area contributed by atoms with Gasteiger partial charge >= 0.3 is 98.4 Å². The van der Waals surface area contributed by atoms with Gasteiger partial charge in [-0.25, -0.2) is 0 Å². The van der Waals surface area contributed by atoms with E-state index in [4.69, 9.17) is 27.9 Å². The van der Waals surface area contributed by atoms with Crippen molar-refractivity contribution in [3.05, 3.63) is 21.6 Å². The number of allylic oxidation sites excluding steroid dienone is 3. The van der Waals surface area contributed by atoms with Crippen LogP contribution >= 0.6 is 27.9 Å². The van der Waals surface area contributed by atoms with Gasteiger partial charge in [-0.1, -0.05) is 0 Å². The molecule has 1 aliphatic carbocycles. The van der Waals surface area contributed by atoms with E-state index in [1.807, 2.05) is 12.2 Å². The van der Waals surface area contributed by atoms with Crippen LogP contribution < -0.4 is 0 Å². The number of hydrogen-bond donors (Lipinski definition) is 0. The van der Waals surface area contributed by atoms with Crippen LogP contribution in [-0.4, -0.2) is 13.1 Å². The summed E-state index contributed by atoms with van der Waals surface area (Å²) in [5.74, 6) is -0.305. The minimum atomic E-state index is -3.33. The van der Waals surface area contributed by atoms with Gasteiger partial charge in [-0.15, -0.1) is 0 Å². The van der Waals surface area contributed by atoms with E-state index in [1.165, 1.54) is 7.11 Å². The van der Waals surface area contributed by atoms with Gasteiger partial charge in [-0.3, -0.25) is 0 Å². The van der Waals surface area contributed by atoms with Gasteiger partial charge in [0.1, 0.15) is 0 Å². The first-order valence-corrected chi connectivity index (χ1v) is 11.2. The maximum atomic E-state index is 11.0. The molecule has 6 heteroatoms. The van der Waals surface area contributed by atoms with Crippen LogP contribution in [0.5, 0.6) is 0 Å². The first kappa shape index (κ1) is 12.6. The number of carbonyl (C=O) groups is 1. The van der Waals surface area contributed by atoms with Crippen LogP contribution in [0.1, 0.15) is 12.8 Å². The summed E-state index contributed by atoms with van der Waals surface area (Å²) in [7, 11) is 19.1. The Kier molecular flexibility index (Phi) is 4.54. The molecular weight excluding hydrogens is 282 g/mol. The van der Waals surface area contributed by atoms with Gasteiger partial charge in [-0.2, -0.15) is 0 Å². The van der Waals surface area contributed by atoms with Gasteiger partial charge in [-0.05, 0) is 0 Å². The summed E-state index contributed by atoms with van der Waals surface area (Å²) in [5, 5.41) is 0. The number of rotatable bonds is 3. The zero-order valence-corrected chi connectivity index (χ0v) is 11.3. The molecule has 0 saturated carbocycles. The molecule has 0 fully saturated rings. The van der Waals surface area contributed by atoms with E-state index in [-0.39, 0.29) is 12.4 Å². The average molecular weight is 291 g/mol. The van der Waals surface area contributed by atoms with E-state index < -0.39 is 13.4 Å². The third-order valence-electron chi connectivity index (χ3n) is 1.93. The van der Waals surface area contributed by atoms with Crippen molar-refractivity contribution in [3.63, 3.8) is 0 Å². The molecule has 0 bridgehead atoms. The second kappa shape index (κ2) is 5.04. The molecular formula is C8H9Cl3O2Ti. The summed E-state index contributed by atoms with van der Waals surface area (Å²) < 4.78 is 5.39. The molecule has 0 saturated heterocycles. The average Bonchev–Trinajstić information content (AvgIpc) is 2.51. The molecule has 0 aromatic rings. The molecule has 0 radical (unpaired) electrons. The van der Waals surface area contributed by atoms with Crippen molar-refractivity contribution in [2.45, 2.75) is 12.8 Å². The van der Waals surface area contributed by atoms with Crippen molar-refractivity contribution in [2.24, 2.45) is 0 Å². The van der Waals surface area contributed by atoms with E-state index >= 15 is 0 Å². The molecule has 2 nitrogen and oxygen atoms in total. The Morgan fingerprint density at radius 3 is 2.71 bits per heavy atom. The molecule has 0 aromatic heterocycles. The SMILES string of the molecule is COC(=O)CC1=[C]([Ti]([Cl])([Cl])[Cl])CC=C1. The Morgan fingerprint density at radius 1 is 1.57 bits per heavy atom. The normalized spacial score (nSPS) is 16.3. The maximum absolute atomic E-state index is 11.0. The van der Waals surface area contributed by atoms with Gasteiger partial charge in [0, 0.05) is 0 Å². The van der Waals surface area contributed by atoms with Crippen LogP contribution in [0.3, 0.4) is 0 Å². The summed E-state index contributed by atoms with van der Waals surface area (Å²) in [6.45, 7) is 0. The fourth-order valence-corrected chi connectivity index (χ4v) is 5.08. The summed E-state index contributed by atoms with van der Waals surface area (Å²) >= 11 is -3.33. The molecule has 1 aliphatic rings. The van der Waals surface area contributed by atoms with Gasteiger partial charge in [0.25, 0.3) is 0 Å². The number of ether oxygens (including phenoxy) is 1. The molecule has 0 aromatic carbocycles. The molecule has 0 N–H and O–H groups in total. The number of halogens is 3. The number of carbonyl (C=O) groups excluding carboxylic acids is 1. The molecule has 14 heavy (non-hydrogen) atoms. The molecule has 0 atom stereocenters. The molecule has 0 amide bonds. The zero-order chi connectivity index (χ0) is 10.8. The third-order valence-corrected chi connectivity index (χ3v) is 6.64. The van der Waals surface area contributed by atoms with Crippen LogP contribution in [0, 0.1) is 0 Å². The summed E-state index contributed by atoms with van der Waals surface area (Å²) in [6, 6.07) is 0. The molecule has 1 rings (SSSR count). The van der Waals surface area contributed by atoms with Crippen LogP contribution in [0.25, 0.3) is 0 Å². The van der Waals surface area contributed by atoms with Crippen molar-refractivity contribution in [3.8, 4) is 0 Å². The van der Waals surface area contributed by atoms with Gasteiger partial charge < -0.3 is 0 Å². The number of esters is 1. The second-order valence-corrected chi connectivity index (χ2v) is 14.8. The summed E-state index contributed by atoms with van der Waals surface area (Å²) in [5.41, 5.74) is 0.817. The topological polar surface area (TPSA) is 26.3 Å². The van der Waals surface area contributed by atoms with Crippen molar-refractivity contribution < 1.29 is 22.9 Å². The van der Waals surface area contributed by atoms with E-state index in [1.54, 1.807) is 0 Å². The fraction of sp³-hybridized carbons (Fsp3) is 0.375. The Morgan fingerprint density at radius 2 is 2.21 bits per heavy atom. The van der Waals surface area contributed by atoms with Gasteiger partial charge in [0.05, 0.1) is 0 Å². The predicted octanol–water partition coefficient (Wildman–Crippen LogP) is 3.38. The van der Waals surface area contributed by atoms with E-state index in [0.29, 0.717) is 6.42 Å². The Hall–Kier alpha value is 0.534. The van der Waals surface area contributed by atoms with Crippen molar-refractivity contribution >= 4 is 33.9 Å². The van der Waals surface area contributed by atoms with E-state index in [0.717, 1.165) is 9.45 Å². The van der Waals surface area contributed by atoms with E-state index in [2.05, 4.69) is 4.74 Å². The molecule has 0 spiro atoms. The first-order valence-electron chi connectivity index (χ1n) is 3.97. The quantitative estimate of drug-likeness (QED) is 0.588. The summed E-state index contributed by atoms with van der Waals surface area (Å²) in [4.78, 5) is 11.0. The molecule has 0 aliphatic heterocycles. The number of hydrogen-bond acceptors (Lipinski definition) is 2. The van der Waals surface area contributed by atoms with Crippen molar-refractivity contribution in [1.82, 2.24) is 0 Å².